The van der Waals surface area contributed by atoms with Gasteiger partial charge in [0.15, 0.2) is 5.65 Å². The molecule has 1 fully saturated rings. The van der Waals surface area contributed by atoms with Crippen molar-refractivity contribution in [3.63, 3.8) is 0 Å². The van der Waals surface area contributed by atoms with Gasteiger partial charge in [-0.1, -0.05) is 0 Å². The molecule has 2 N–H and O–H groups in total. The van der Waals surface area contributed by atoms with Crippen molar-refractivity contribution < 1.29 is 4.74 Å². The Bertz CT molecular complexity index is 751. The molecule has 2 aromatic rings. The van der Waals surface area contributed by atoms with E-state index in [4.69, 9.17) is 10.00 Å². The first-order valence-corrected chi connectivity index (χ1v) is 7.50. The fourth-order valence-electron chi connectivity index (χ4n) is 2.85. The van der Waals surface area contributed by atoms with Crippen molar-refractivity contribution in [1.82, 2.24) is 19.9 Å². The van der Waals surface area contributed by atoms with Crippen LogP contribution in [0.15, 0.2) is 17.1 Å². The van der Waals surface area contributed by atoms with Crippen LogP contribution in [0.1, 0.15) is 31.0 Å². The Morgan fingerprint density at radius 1 is 1.59 bits per heavy atom. The second kappa shape index (κ2) is 6.30. The van der Waals surface area contributed by atoms with E-state index in [-0.39, 0.29) is 5.56 Å². The van der Waals surface area contributed by atoms with Crippen LogP contribution >= 0.6 is 0 Å². The fraction of sp³-hybridized carbons (Fsp3) is 0.533. The molecule has 0 amide bonds. The smallest absolute Gasteiger partial charge is 0.272 e. The van der Waals surface area contributed by atoms with Gasteiger partial charge in [0.05, 0.1) is 5.69 Å². The van der Waals surface area contributed by atoms with E-state index in [1.54, 1.807) is 0 Å². The van der Waals surface area contributed by atoms with Gasteiger partial charge in [0, 0.05) is 38.1 Å². The molecule has 1 saturated heterocycles. The third-order valence-corrected chi connectivity index (χ3v) is 4.25. The lowest BCUT2D eigenvalue weighted by molar-refractivity contribution is 0.0557. The number of hydrogen-bond acceptors (Lipinski definition) is 5. The molecule has 0 radical (unpaired) electrons. The molecular weight excluding hydrogens is 282 g/mol. The minimum Gasteiger partial charge on any atom is -0.381 e. The molecule has 1 unspecified atom stereocenters. The zero-order chi connectivity index (χ0) is 15.5. The molecule has 0 bridgehead atoms. The minimum atomic E-state index is -0.206. The summed E-state index contributed by atoms with van der Waals surface area (Å²) in [5.74, 6) is 0.584. The standard InChI is InChI=1S/C15H19N5O2/c1-10(11-2-4-22-5-3-11)17-9-13-6-14(21)20-15(19-13)12(7-16)8-18-20/h6,8,10-11,17-18H,2-5,9H2,1H3. The summed E-state index contributed by atoms with van der Waals surface area (Å²) in [7, 11) is 0. The Kier molecular flexibility index (Phi) is 4.22. The molecule has 1 aliphatic heterocycles. The third-order valence-electron chi connectivity index (χ3n) is 4.25. The average Bonchev–Trinajstić information content (AvgIpc) is 2.97. The van der Waals surface area contributed by atoms with E-state index < -0.39 is 0 Å². The zero-order valence-electron chi connectivity index (χ0n) is 12.5. The highest BCUT2D eigenvalue weighted by Gasteiger charge is 2.20. The lowest BCUT2D eigenvalue weighted by Crippen LogP contribution is -2.36. The Hall–Kier alpha value is -2.17. The lowest BCUT2D eigenvalue weighted by atomic mass is 9.93. The van der Waals surface area contributed by atoms with E-state index in [2.05, 4.69) is 22.3 Å². The second-order valence-corrected chi connectivity index (χ2v) is 5.66. The van der Waals surface area contributed by atoms with Crippen LogP contribution in [0, 0.1) is 17.2 Å². The summed E-state index contributed by atoms with van der Waals surface area (Å²) in [4.78, 5) is 16.4. The van der Waals surface area contributed by atoms with E-state index in [1.807, 2.05) is 6.07 Å². The number of hydrogen-bond donors (Lipinski definition) is 2. The molecule has 22 heavy (non-hydrogen) atoms. The van der Waals surface area contributed by atoms with Gasteiger partial charge in [0.2, 0.25) is 0 Å². The van der Waals surface area contributed by atoms with E-state index in [1.165, 1.54) is 16.8 Å². The van der Waals surface area contributed by atoms with Crippen LogP contribution in [0.5, 0.6) is 0 Å². The maximum atomic E-state index is 12.0. The molecule has 7 heteroatoms. The van der Waals surface area contributed by atoms with Crippen molar-refractivity contribution in [2.75, 3.05) is 13.2 Å². The highest BCUT2D eigenvalue weighted by atomic mass is 16.5. The van der Waals surface area contributed by atoms with Gasteiger partial charge < -0.3 is 10.1 Å². The van der Waals surface area contributed by atoms with Crippen LogP contribution in [0.2, 0.25) is 0 Å². The van der Waals surface area contributed by atoms with Crippen molar-refractivity contribution in [3.8, 4) is 6.07 Å². The first kappa shape index (κ1) is 14.8. The van der Waals surface area contributed by atoms with Gasteiger partial charge in [-0.15, -0.1) is 0 Å². The number of nitrogens with zero attached hydrogens (tertiary/aromatic N) is 3. The fourth-order valence-corrected chi connectivity index (χ4v) is 2.85. The maximum Gasteiger partial charge on any atom is 0.272 e. The van der Waals surface area contributed by atoms with E-state index in [0.29, 0.717) is 35.4 Å². The predicted molar refractivity (Wildman–Crippen MR) is 80.4 cm³/mol. The molecule has 0 aliphatic carbocycles. The van der Waals surface area contributed by atoms with Crippen LogP contribution in [-0.4, -0.2) is 33.9 Å². The quantitative estimate of drug-likeness (QED) is 0.871. The van der Waals surface area contributed by atoms with Gasteiger partial charge >= 0.3 is 0 Å². The Labute approximate surface area is 127 Å². The molecule has 116 valence electrons. The summed E-state index contributed by atoms with van der Waals surface area (Å²) >= 11 is 0. The van der Waals surface area contributed by atoms with Crippen molar-refractivity contribution in [2.45, 2.75) is 32.4 Å². The van der Waals surface area contributed by atoms with E-state index >= 15 is 0 Å². The molecule has 1 atom stereocenters. The number of fused-ring (bicyclic) bond motifs is 1. The van der Waals surface area contributed by atoms with Crippen molar-refractivity contribution in [1.29, 1.82) is 5.26 Å². The molecular formula is C15H19N5O2. The van der Waals surface area contributed by atoms with E-state index in [9.17, 15) is 4.79 Å². The van der Waals surface area contributed by atoms with Gasteiger partial charge in [0.1, 0.15) is 11.6 Å². The predicted octanol–water partition coefficient (Wildman–Crippen LogP) is 0.799. The molecule has 7 nitrogen and oxygen atoms in total. The molecule has 3 rings (SSSR count). The van der Waals surface area contributed by atoms with Crippen molar-refractivity contribution in [3.05, 3.63) is 33.9 Å². The molecule has 0 spiro atoms. The van der Waals surface area contributed by atoms with Gasteiger partial charge in [-0.2, -0.15) is 5.26 Å². The second-order valence-electron chi connectivity index (χ2n) is 5.66. The number of nitrogens with one attached hydrogen (secondary N) is 2. The molecule has 2 aromatic heterocycles. The lowest BCUT2D eigenvalue weighted by Gasteiger charge is -2.28. The number of ether oxygens (including phenoxy) is 1. The monoisotopic (exact) mass is 301 g/mol. The van der Waals surface area contributed by atoms with E-state index in [0.717, 1.165) is 26.1 Å². The highest BCUT2D eigenvalue weighted by Crippen LogP contribution is 2.18. The summed E-state index contributed by atoms with van der Waals surface area (Å²) in [5, 5.41) is 15.2. The first-order valence-electron chi connectivity index (χ1n) is 7.50. The van der Waals surface area contributed by atoms with Crippen LogP contribution in [0.25, 0.3) is 5.65 Å². The van der Waals surface area contributed by atoms with Crippen LogP contribution in [0.3, 0.4) is 0 Å². The number of aromatic amines is 1. The zero-order valence-corrected chi connectivity index (χ0v) is 12.5. The average molecular weight is 301 g/mol. The van der Waals surface area contributed by atoms with Gasteiger partial charge in [-0.25, -0.2) is 9.50 Å². The Balaban J connectivity index is 1.73. The summed E-state index contributed by atoms with van der Waals surface area (Å²) < 4.78 is 6.66. The molecule has 1 aliphatic rings. The number of H-pyrrole nitrogens is 1. The van der Waals surface area contributed by atoms with Gasteiger partial charge in [-0.3, -0.25) is 9.89 Å². The highest BCUT2D eigenvalue weighted by molar-refractivity contribution is 5.53. The summed E-state index contributed by atoms with van der Waals surface area (Å²) in [6.07, 6.45) is 3.60. The Morgan fingerprint density at radius 2 is 2.36 bits per heavy atom. The number of rotatable bonds is 4. The first-order chi connectivity index (χ1) is 10.7. The molecule has 3 heterocycles. The van der Waals surface area contributed by atoms with Crippen LogP contribution < -0.4 is 10.9 Å². The molecule has 0 saturated carbocycles. The SMILES string of the molecule is CC(NCc1cc(=O)n2[nH]cc(C#N)c2n1)C1CCOCC1. The Morgan fingerprint density at radius 3 is 3.09 bits per heavy atom. The largest absolute Gasteiger partial charge is 0.381 e. The van der Waals surface area contributed by atoms with Gasteiger partial charge in [0.25, 0.3) is 5.56 Å². The van der Waals surface area contributed by atoms with Gasteiger partial charge in [-0.05, 0) is 25.7 Å². The third kappa shape index (κ3) is 2.89. The van der Waals surface area contributed by atoms with Crippen LogP contribution in [0.4, 0.5) is 0 Å². The normalized spacial score (nSPS) is 17.5. The summed E-state index contributed by atoms with van der Waals surface area (Å²) in [6, 6.07) is 3.87. The number of aromatic nitrogens is 3. The van der Waals surface area contributed by atoms with Crippen molar-refractivity contribution >= 4 is 5.65 Å². The summed E-state index contributed by atoms with van der Waals surface area (Å²) in [6.45, 7) is 4.30. The number of nitriles is 1. The van der Waals surface area contributed by atoms with Crippen LogP contribution in [-0.2, 0) is 11.3 Å². The topological polar surface area (TPSA) is 95.2 Å². The summed E-state index contributed by atoms with van der Waals surface area (Å²) in [5.41, 5.74) is 1.20. The van der Waals surface area contributed by atoms with Crippen molar-refractivity contribution in [2.24, 2.45) is 5.92 Å². The maximum absolute atomic E-state index is 12.0. The minimum absolute atomic E-state index is 0.206. The molecule has 0 aromatic carbocycles.